The summed E-state index contributed by atoms with van der Waals surface area (Å²) in [5, 5.41) is 0. The van der Waals surface area contributed by atoms with Crippen molar-refractivity contribution in [1.29, 1.82) is 0 Å². The monoisotopic (exact) mass is 230 g/mol. The molecule has 0 bridgehead atoms. The minimum atomic E-state index is -5.69. The van der Waals surface area contributed by atoms with E-state index in [-0.39, 0.29) is 51.4 Å². The molecule has 2 nitrogen and oxygen atoms in total. The van der Waals surface area contributed by atoms with E-state index in [1.807, 2.05) is 0 Å². The Morgan fingerprint density at radius 1 is 1.38 bits per heavy atom. The number of halogens is 5. The molecule has 0 radical (unpaired) electrons. The van der Waals surface area contributed by atoms with Gasteiger partial charge >= 0.3 is 70.3 Å². The van der Waals surface area contributed by atoms with Crippen LogP contribution in [0.2, 0.25) is 6.32 Å². The molecule has 0 spiro atoms. The van der Waals surface area contributed by atoms with Gasteiger partial charge in [0.25, 0.3) is 0 Å². The smallest absolute Gasteiger partial charge is 0.465 e. The molecule has 0 amide bonds. The summed E-state index contributed by atoms with van der Waals surface area (Å²) >= 11 is 0. The summed E-state index contributed by atoms with van der Waals surface area (Å²) in [5.74, 6) is -6.63. The molecule has 13 heavy (non-hydrogen) atoms. The maximum Gasteiger partial charge on any atom is 1.00 e. The van der Waals surface area contributed by atoms with E-state index in [1.54, 1.807) is 0 Å². The quantitative estimate of drug-likeness (QED) is 0.340. The van der Waals surface area contributed by atoms with Crippen LogP contribution in [0.4, 0.5) is 21.7 Å². The summed E-state index contributed by atoms with van der Waals surface area (Å²) < 4.78 is 62.0. The number of esters is 1. The molecule has 0 aliphatic carbocycles. The van der Waals surface area contributed by atoms with Gasteiger partial charge in [0.1, 0.15) is 0 Å². The zero-order chi connectivity index (χ0) is 9.99. The summed E-state index contributed by atoms with van der Waals surface area (Å²) in [7, 11) is 0.597. The molecular weight excluding hydrogens is 225 g/mol. The Labute approximate surface area is 114 Å². The Kier molecular flexibility index (Phi) is 7.06. The first kappa shape index (κ1) is 16.3. The van der Waals surface area contributed by atoms with Crippen molar-refractivity contribution >= 4 is 12.9 Å². The predicted octanol–water partition coefficient (Wildman–Crippen LogP) is -1.35. The first-order valence-corrected chi connectivity index (χ1v) is 2.86. The van der Waals surface area contributed by atoms with Crippen molar-refractivity contribution in [3.63, 3.8) is 0 Å². The number of carbonyl (C=O) groups excluding carboxylic acids is 1. The Hall–Kier alpha value is 0.821. The molecule has 0 aromatic heterocycles. The summed E-state index contributed by atoms with van der Waals surface area (Å²) in [5.41, 5.74) is 0. The van der Waals surface area contributed by atoms with Crippen LogP contribution in [0.5, 0.6) is 0 Å². The molecule has 0 rings (SSSR count). The molecule has 0 aromatic rings. The molecule has 0 N–H and O–H groups in total. The van der Waals surface area contributed by atoms with Gasteiger partial charge in [0.2, 0.25) is 0 Å². The fraction of sp³-hybridized carbons (Fsp3) is 0.750. The van der Waals surface area contributed by atoms with Crippen LogP contribution in [0.15, 0.2) is 0 Å². The van der Waals surface area contributed by atoms with Crippen molar-refractivity contribution in [1.82, 2.24) is 0 Å². The minimum Gasteiger partial charge on any atom is -0.465 e. The van der Waals surface area contributed by atoms with Crippen LogP contribution in [0.3, 0.4) is 0 Å². The molecule has 0 saturated heterocycles. The number of hydrogen-bond donors (Lipinski definition) is 0. The van der Waals surface area contributed by atoms with Crippen molar-refractivity contribution in [3.8, 4) is 0 Å². The third-order valence-corrected chi connectivity index (χ3v) is 0.972. The summed E-state index contributed by atoms with van der Waals surface area (Å²) in [6.45, 7) is -5.69. The van der Waals surface area contributed by atoms with Gasteiger partial charge in [-0.3, -0.25) is 0 Å². The second-order valence-corrected chi connectivity index (χ2v) is 2.11. The Morgan fingerprint density at radius 3 is 2.00 bits per heavy atom. The molecule has 0 unspecified atom stereocenters. The standard InChI is InChI=1S/C4H5BF5O2.K/c1-12-3(11)4(6,7)2-5(8,9)10;/h2H2,1H3;/q-1;+1. The molecule has 72 valence electrons. The SMILES string of the molecule is COC(=O)C(F)(F)C[B-](F)(F)F.[K+]. The van der Waals surface area contributed by atoms with E-state index >= 15 is 0 Å². The Balaban J connectivity index is 0. The molecule has 0 fully saturated rings. The van der Waals surface area contributed by atoms with Crippen LogP contribution < -0.4 is 51.4 Å². The predicted molar refractivity (Wildman–Crippen MR) is 30.8 cm³/mol. The summed E-state index contributed by atoms with van der Waals surface area (Å²) in [6.07, 6.45) is -2.43. The topological polar surface area (TPSA) is 26.3 Å². The van der Waals surface area contributed by atoms with Gasteiger partial charge in [0.15, 0.2) is 0 Å². The fourth-order valence-electron chi connectivity index (χ4n) is 0.523. The maximum atomic E-state index is 12.1. The molecular formula is C4H5BF5KO2. The van der Waals surface area contributed by atoms with Gasteiger partial charge in [0.05, 0.1) is 7.11 Å². The van der Waals surface area contributed by atoms with E-state index in [1.165, 1.54) is 0 Å². The van der Waals surface area contributed by atoms with Crippen LogP contribution >= 0.6 is 0 Å². The Morgan fingerprint density at radius 2 is 1.77 bits per heavy atom. The number of alkyl halides is 2. The van der Waals surface area contributed by atoms with E-state index in [4.69, 9.17) is 0 Å². The van der Waals surface area contributed by atoms with Crippen molar-refractivity contribution in [2.24, 2.45) is 0 Å². The van der Waals surface area contributed by atoms with Gasteiger partial charge in [-0.15, -0.1) is 0 Å². The average Bonchev–Trinajstić information content (AvgIpc) is 1.80. The second-order valence-electron chi connectivity index (χ2n) is 2.11. The van der Waals surface area contributed by atoms with Crippen molar-refractivity contribution in [2.75, 3.05) is 7.11 Å². The minimum absolute atomic E-state index is 0. The van der Waals surface area contributed by atoms with Gasteiger partial charge in [-0.05, 0) is 6.32 Å². The molecule has 9 heteroatoms. The first-order valence-electron chi connectivity index (χ1n) is 2.86. The van der Waals surface area contributed by atoms with E-state index in [9.17, 15) is 26.5 Å². The second kappa shape index (κ2) is 5.64. The van der Waals surface area contributed by atoms with Gasteiger partial charge in [0, 0.05) is 0 Å². The van der Waals surface area contributed by atoms with E-state index < -0.39 is 25.2 Å². The van der Waals surface area contributed by atoms with Crippen LogP contribution in [0.1, 0.15) is 0 Å². The van der Waals surface area contributed by atoms with Gasteiger partial charge in [-0.25, -0.2) is 4.79 Å². The molecule has 0 atom stereocenters. The van der Waals surface area contributed by atoms with Crippen LogP contribution in [-0.2, 0) is 9.53 Å². The Bertz CT molecular complexity index is 182. The number of ether oxygens (including phenoxy) is 1. The molecule has 0 aromatic carbocycles. The van der Waals surface area contributed by atoms with E-state index in [0.29, 0.717) is 7.11 Å². The number of hydrogen-bond acceptors (Lipinski definition) is 2. The molecule has 0 aliphatic heterocycles. The van der Waals surface area contributed by atoms with Gasteiger partial charge in [-0.2, -0.15) is 8.78 Å². The number of carbonyl (C=O) groups is 1. The largest absolute Gasteiger partial charge is 1.00 e. The third-order valence-electron chi connectivity index (χ3n) is 0.972. The zero-order valence-electron chi connectivity index (χ0n) is 6.99. The normalized spacial score (nSPS) is 11.8. The summed E-state index contributed by atoms with van der Waals surface area (Å²) in [6, 6.07) is 0. The van der Waals surface area contributed by atoms with E-state index in [2.05, 4.69) is 4.74 Å². The van der Waals surface area contributed by atoms with Gasteiger partial charge in [-0.1, -0.05) is 0 Å². The third kappa shape index (κ3) is 6.83. The van der Waals surface area contributed by atoms with Crippen LogP contribution in [0.25, 0.3) is 0 Å². The van der Waals surface area contributed by atoms with Crippen LogP contribution in [0, 0.1) is 0 Å². The van der Waals surface area contributed by atoms with Crippen molar-refractivity contribution in [2.45, 2.75) is 12.2 Å². The summed E-state index contributed by atoms with van der Waals surface area (Å²) in [4.78, 5) is 10.0. The van der Waals surface area contributed by atoms with Gasteiger partial charge < -0.3 is 17.7 Å². The van der Waals surface area contributed by atoms with Crippen LogP contribution in [-0.4, -0.2) is 26.0 Å². The van der Waals surface area contributed by atoms with E-state index in [0.717, 1.165) is 0 Å². The molecule has 0 aliphatic rings. The van der Waals surface area contributed by atoms with Crippen molar-refractivity contribution in [3.05, 3.63) is 0 Å². The zero-order valence-corrected chi connectivity index (χ0v) is 10.1. The van der Waals surface area contributed by atoms with Crippen molar-refractivity contribution < 1.29 is 82.6 Å². The maximum absolute atomic E-state index is 12.1. The number of methoxy groups -OCH3 is 1. The molecule has 0 saturated carbocycles. The average molecular weight is 230 g/mol. The number of rotatable bonds is 3. The fourth-order valence-corrected chi connectivity index (χ4v) is 0.523. The first-order chi connectivity index (χ1) is 5.19. The molecule has 0 heterocycles.